The molecule has 1 aliphatic carbocycles. The Morgan fingerprint density at radius 3 is 2.72 bits per heavy atom. The fraction of sp³-hybridized carbons (Fsp3) is 0.550. The number of piperidine rings is 1. The molecular weight excluding hydrogens is 312 g/mol. The topological polar surface area (TPSA) is 61.9 Å². The van der Waals surface area contributed by atoms with Gasteiger partial charge in [0.25, 0.3) is 0 Å². The summed E-state index contributed by atoms with van der Waals surface area (Å²) in [4.78, 5) is 19.9. The van der Waals surface area contributed by atoms with Gasteiger partial charge in [0.1, 0.15) is 5.82 Å². The van der Waals surface area contributed by atoms with E-state index in [-0.39, 0.29) is 11.3 Å². The van der Waals surface area contributed by atoms with Crippen molar-refractivity contribution in [2.24, 2.45) is 5.41 Å². The van der Waals surface area contributed by atoms with Crippen molar-refractivity contribution < 1.29 is 4.79 Å². The van der Waals surface area contributed by atoms with E-state index in [1.165, 1.54) is 5.56 Å². The van der Waals surface area contributed by atoms with Crippen molar-refractivity contribution >= 4 is 5.91 Å². The van der Waals surface area contributed by atoms with Crippen LogP contribution in [0.1, 0.15) is 55.2 Å². The molecule has 2 heterocycles. The lowest BCUT2D eigenvalue weighted by Gasteiger charge is -2.45. The van der Waals surface area contributed by atoms with Gasteiger partial charge in [-0.3, -0.25) is 9.89 Å². The molecule has 2 aliphatic rings. The molecule has 4 rings (SSSR count). The Morgan fingerprint density at radius 1 is 1.28 bits per heavy atom. The smallest absolute Gasteiger partial charge is 0.229 e. The lowest BCUT2D eigenvalue weighted by molar-refractivity contribution is -0.148. The fourth-order valence-electron chi connectivity index (χ4n) is 4.31. The molecule has 2 fully saturated rings. The lowest BCUT2D eigenvalue weighted by atomic mass is 9.64. The first-order chi connectivity index (χ1) is 12.2. The number of H-pyrrole nitrogens is 1. The molecule has 132 valence electrons. The van der Waals surface area contributed by atoms with Gasteiger partial charge in [0.2, 0.25) is 5.91 Å². The predicted molar refractivity (Wildman–Crippen MR) is 96.1 cm³/mol. The average molecular weight is 338 g/mol. The Bertz CT molecular complexity index is 735. The molecule has 1 atom stereocenters. The van der Waals surface area contributed by atoms with Crippen molar-refractivity contribution in [3.05, 3.63) is 47.5 Å². The third-order valence-electron chi connectivity index (χ3n) is 5.84. The van der Waals surface area contributed by atoms with E-state index < -0.39 is 0 Å². The van der Waals surface area contributed by atoms with E-state index in [2.05, 4.69) is 44.3 Å². The molecule has 5 nitrogen and oxygen atoms in total. The van der Waals surface area contributed by atoms with Crippen LogP contribution in [0.25, 0.3) is 0 Å². The highest BCUT2D eigenvalue weighted by atomic mass is 16.2. The highest BCUT2D eigenvalue weighted by Gasteiger charge is 2.47. The first kappa shape index (κ1) is 16.3. The standard InChI is InChI=1S/C20H26N4O/c1-15-21-18(23-22-15)17-9-5-12-24(14-17)19(25)20(10-6-11-20)13-16-7-3-2-4-8-16/h2-4,7-8,17H,5-6,9-14H2,1H3,(H,21,22,23). The average Bonchev–Trinajstić information content (AvgIpc) is 3.05. The largest absolute Gasteiger partial charge is 0.341 e. The first-order valence-corrected chi connectivity index (χ1v) is 9.38. The summed E-state index contributed by atoms with van der Waals surface area (Å²) in [6.07, 6.45) is 6.16. The Labute approximate surface area is 148 Å². The van der Waals surface area contributed by atoms with Gasteiger partial charge in [-0.05, 0) is 44.6 Å². The molecule has 0 radical (unpaired) electrons. The number of benzene rings is 1. The van der Waals surface area contributed by atoms with E-state index >= 15 is 0 Å². The van der Waals surface area contributed by atoms with Crippen LogP contribution in [0, 0.1) is 12.3 Å². The number of hydrogen-bond acceptors (Lipinski definition) is 3. The molecular formula is C20H26N4O. The van der Waals surface area contributed by atoms with E-state index in [0.29, 0.717) is 5.91 Å². The van der Waals surface area contributed by atoms with Crippen LogP contribution in [0.4, 0.5) is 0 Å². The number of rotatable bonds is 4. The summed E-state index contributed by atoms with van der Waals surface area (Å²) in [6.45, 7) is 3.55. The van der Waals surface area contributed by atoms with Crippen molar-refractivity contribution in [3.63, 3.8) is 0 Å². The molecule has 1 saturated carbocycles. The van der Waals surface area contributed by atoms with E-state index in [1.807, 2.05) is 13.0 Å². The number of carbonyl (C=O) groups excluding carboxylic acids is 1. The zero-order valence-corrected chi connectivity index (χ0v) is 14.9. The number of carbonyl (C=O) groups is 1. The molecule has 1 saturated heterocycles. The summed E-state index contributed by atoms with van der Waals surface area (Å²) < 4.78 is 0. The number of aromatic nitrogens is 3. The normalized spacial score (nSPS) is 22.4. The van der Waals surface area contributed by atoms with Crippen LogP contribution in [-0.2, 0) is 11.2 Å². The molecule has 0 spiro atoms. The summed E-state index contributed by atoms with van der Waals surface area (Å²) >= 11 is 0. The van der Waals surface area contributed by atoms with Crippen molar-refractivity contribution in [2.75, 3.05) is 13.1 Å². The second-order valence-corrected chi connectivity index (χ2v) is 7.67. The Hall–Kier alpha value is -2.17. The van der Waals surface area contributed by atoms with Crippen LogP contribution in [0.3, 0.4) is 0 Å². The van der Waals surface area contributed by atoms with Gasteiger partial charge < -0.3 is 4.90 Å². The van der Waals surface area contributed by atoms with E-state index in [1.54, 1.807) is 0 Å². The van der Waals surface area contributed by atoms with Crippen LogP contribution in [0.2, 0.25) is 0 Å². The van der Waals surface area contributed by atoms with Gasteiger partial charge in [-0.2, -0.15) is 5.10 Å². The summed E-state index contributed by atoms with van der Waals surface area (Å²) in [7, 11) is 0. The Kier molecular flexibility index (Phi) is 4.32. The molecule has 2 aromatic rings. The van der Waals surface area contributed by atoms with Gasteiger partial charge in [-0.25, -0.2) is 4.98 Å². The fourth-order valence-corrected chi connectivity index (χ4v) is 4.31. The lowest BCUT2D eigenvalue weighted by Crippen LogP contribution is -2.51. The number of nitrogens with one attached hydrogen (secondary N) is 1. The molecule has 1 N–H and O–H groups in total. The molecule has 5 heteroatoms. The summed E-state index contributed by atoms with van der Waals surface area (Å²) in [5.74, 6) is 2.31. The van der Waals surface area contributed by atoms with Crippen LogP contribution in [-0.4, -0.2) is 39.1 Å². The summed E-state index contributed by atoms with van der Waals surface area (Å²) in [6, 6.07) is 10.4. The van der Waals surface area contributed by atoms with Gasteiger partial charge in [0, 0.05) is 19.0 Å². The molecule has 1 amide bonds. The summed E-state index contributed by atoms with van der Waals surface area (Å²) in [5, 5.41) is 7.25. The van der Waals surface area contributed by atoms with E-state index in [9.17, 15) is 4.79 Å². The first-order valence-electron chi connectivity index (χ1n) is 9.38. The van der Waals surface area contributed by atoms with Gasteiger partial charge in [0.05, 0.1) is 5.41 Å². The number of hydrogen-bond donors (Lipinski definition) is 1. The van der Waals surface area contributed by atoms with E-state index in [0.717, 1.165) is 63.3 Å². The zero-order chi connectivity index (χ0) is 17.3. The van der Waals surface area contributed by atoms with Gasteiger partial charge in [0.15, 0.2) is 5.82 Å². The van der Waals surface area contributed by atoms with E-state index in [4.69, 9.17) is 0 Å². The predicted octanol–water partition coefficient (Wildman–Crippen LogP) is 3.23. The van der Waals surface area contributed by atoms with Crippen LogP contribution >= 0.6 is 0 Å². The molecule has 1 unspecified atom stereocenters. The van der Waals surface area contributed by atoms with Crippen molar-refractivity contribution in [1.82, 2.24) is 20.1 Å². The van der Waals surface area contributed by atoms with Crippen LogP contribution in [0.5, 0.6) is 0 Å². The van der Waals surface area contributed by atoms with Crippen molar-refractivity contribution in [3.8, 4) is 0 Å². The number of likely N-dealkylation sites (tertiary alicyclic amines) is 1. The van der Waals surface area contributed by atoms with Gasteiger partial charge in [-0.15, -0.1) is 0 Å². The minimum atomic E-state index is -0.182. The van der Waals surface area contributed by atoms with Crippen LogP contribution in [0.15, 0.2) is 30.3 Å². The maximum absolute atomic E-state index is 13.4. The second-order valence-electron chi connectivity index (χ2n) is 7.67. The minimum absolute atomic E-state index is 0.182. The monoisotopic (exact) mass is 338 g/mol. The molecule has 1 aliphatic heterocycles. The van der Waals surface area contributed by atoms with Crippen molar-refractivity contribution in [1.29, 1.82) is 0 Å². The Morgan fingerprint density at radius 2 is 2.08 bits per heavy atom. The maximum Gasteiger partial charge on any atom is 0.229 e. The number of aromatic amines is 1. The number of nitrogens with zero attached hydrogens (tertiary/aromatic N) is 3. The SMILES string of the molecule is Cc1nc(C2CCCN(C(=O)C3(Cc4ccccc4)CCC3)C2)n[nH]1. The second kappa shape index (κ2) is 6.62. The third-order valence-corrected chi connectivity index (χ3v) is 5.84. The molecule has 1 aromatic heterocycles. The highest BCUT2D eigenvalue weighted by Crippen LogP contribution is 2.46. The Balaban J connectivity index is 1.49. The van der Waals surface area contributed by atoms with Gasteiger partial charge >= 0.3 is 0 Å². The molecule has 25 heavy (non-hydrogen) atoms. The highest BCUT2D eigenvalue weighted by molar-refractivity contribution is 5.84. The number of amides is 1. The van der Waals surface area contributed by atoms with Crippen LogP contribution < -0.4 is 0 Å². The number of aryl methyl sites for hydroxylation is 1. The molecule has 0 bridgehead atoms. The van der Waals surface area contributed by atoms with Crippen molar-refractivity contribution in [2.45, 2.75) is 51.4 Å². The molecule has 1 aromatic carbocycles. The quantitative estimate of drug-likeness (QED) is 0.931. The zero-order valence-electron chi connectivity index (χ0n) is 14.9. The van der Waals surface area contributed by atoms with Gasteiger partial charge in [-0.1, -0.05) is 36.8 Å². The summed E-state index contributed by atoms with van der Waals surface area (Å²) in [5.41, 5.74) is 1.09. The minimum Gasteiger partial charge on any atom is -0.341 e. The third kappa shape index (κ3) is 3.20. The maximum atomic E-state index is 13.4.